The molecule has 0 aliphatic rings. The lowest BCUT2D eigenvalue weighted by molar-refractivity contribution is 1.18. The monoisotopic (exact) mass is 1030 g/mol. The van der Waals surface area contributed by atoms with E-state index in [1.807, 2.05) is 0 Å². The summed E-state index contributed by atoms with van der Waals surface area (Å²) in [6, 6.07) is 104. The maximum atomic E-state index is 5.46. The van der Waals surface area contributed by atoms with E-state index in [1.165, 1.54) is 54.7 Å². The Morgan fingerprint density at radius 1 is 0.329 bits per heavy atom. The first-order valence-electron chi connectivity index (χ1n) is 26.8. The molecule has 14 aromatic rings. The molecule has 2 aromatic heterocycles. The fourth-order valence-corrected chi connectivity index (χ4v) is 11.9. The lowest BCUT2D eigenvalue weighted by Crippen LogP contribution is -2.09. The number of anilines is 3. The van der Waals surface area contributed by atoms with Crippen molar-refractivity contribution in [1.82, 2.24) is 9.13 Å². The van der Waals surface area contributed by atoms with Crippen LogP contribution in [0.15, 0.2) is 296 Å². The molecule has 0 fully saturated rings. The predicted octanol–water partition coefficient (Wildman–Crippen LogP) is 20.3. The first-order valence-corrected chi connectivity index (χ1v) is 27.3. The Morgan fingerprint density at radius 2 is 0.696 bits per heavy atom. The molecule has 0 bridgehead atoms. The van der Waals surface area contributed by atoms with E-state index in [0.29, 0.717) is 5.04 Å². The van der Waals surface area contributed by atoms with Crippen LogP contribution >= 0.6 is 12.6 Å². The molecular formula is C74H52N4S. The van der Waals surface area contributed by atoms with Crippen LogP contribution < -0.4 is 4.90 Å². The molecule has 0 unspecified atom stereocenters. The summed E-state index contributed by atoms with van der Waals surface area (Å²) >= 11 is 5.19. The third-order valence-electron chi connectivity index (χ3n) is 15.5. The fourth-order valence-electron chi connectivity index (χ4n) is 11.6. The van der Waals surface area contributed by atoms with Gasteiger partial charge in [-0.15, -0.1) is 12.6 Å². The Morgan fingerprint density at radius 3 is 1.18 bits per heavy atom. The lowest BCUT2D eigenvalue weighted by atomic mass is 9.91. The molecule has 2 heterocycles. The number of rotatable bonds is 11. The summed E-state index contributed by atoms with van der Waals surface area (Å²) in [5.74, 6) is 0. The number of hydrogen-bond acceptors (Lipinski definition) is 2. The minimum absolute atomic E-state index is 0.637. The van der Waals surface area contributed by atoms with Crippen molar-refractivity contribution in [3.8, 4) is 55.9 Å². The van der Waals surface area contributed by atoms with Crippen LogP contribution in [0.5, 0.6) is 0 Å². The van der Waals surface area contributed by atoms with Crippen LogP contribution in [-0.2, 0) is 0 Å². The van der Waals surface area contributed by atoms with Crippen molar-refractivity contribution in [2.24, 2.45) is 4.99 Å². The largest absolute Gasteiger partial charge is 0.311 e. The third-order valence-corrected chi connectivity index (χ3v) is 15.9. The predicted molar refractivity (Wildman–Crippen MR) is 338 cm³/mol. The highest BCUT2D eigenvalue weighted by atomic mass is 32.1. The van der Waals surface area contributed by atoms with Gasteiger partial charge in [-0.25, -0.2) is 4.99 Å². The standard InChI is InChI=1S/C74H52N4S/c1-50-63(53-34-30-51(31-35-53)56-40-46-71-67(48-56)65-26-14-16-28-69(65)77(71)60-22-10-4-11-23-60)44-45-64(73(50)75-74(79)55-38-42-62(43-39-55)76(58-18-6-2-7-19-58)59-20-8-3-9-21-59)54-36-32-52(33-37-54)57-41-47-72-68(49-57)66-27-15-17-29-70(66)78(72)61-24-12-5-13-25-61/h2-49H,1H3,(H,75,79). The van der Waals surface area contributed by atoms with Crippen molar-refractivity contribution in [3.05, 3.63) is 302 Å². The molecule has 0 saturated carbocycles. The molecule has 4 nitrogen and oxygen atoms in total. The van der Waals surface area contributed by atoms with Crippen LogP contribution in [0.4, 0.5) is 22.7 Å². The Kier molecular flexibility index (Phi) is 12.2. The summed E-state index contributed by atoms with van der Waals surface area (Å²) in [7, 11) is 0. The number of nitrogens with zero attached hydrogens (tertiary/aromatic N) is 4. The number of aromatic nitrogens is 2. The molecule has 14 rings (SSSR count). The number of aliphatic imine (C=N–C) groups is 1. The van der Waals surface area contributed by atoms with E-state index in [2.05, 4.69) is 312 Å². The number of para-hydroxylation sites is 6. The quantitative estimate of drug-likeness (QED) is 0.0780. The second-order valence-corrected chi connectivity index (χ2v) is 20.5. The van der Waals surface area contributed by atoms with Gasteiger partial charge < -0.3 is 14.0 Å². The minimum Gasteiger partial charge on any atom is -0.311 e. The number of benzene rings is 12. The van der Waals surface area contributed by atoms with E-state index in [-0.39, 0.29) is 0 Å². The molecule has 374 valence electrons. The highest BCUT2D eigenvalue weighted by Gasteiger charge is 2.19. The molecule has 0 aliphatic heterocycles. The summed E-state index contributed by atoms with van der Waals surface area (Å²) in [6.45, 7) is 2.19. The molecule has 0 amide bonds. The summed E-state index contributed by atoms with van der Waals surface area (Å²) < 4.78 is 4.73. The van der Waals surface area contributed by atoms with E-state index in [4.69, 9.17) is 17.6 Å². The first kappa shape index (κ1) is 47.5. The van der Waals surface area contributed by atoms with Gasteiger partial charge in [0.2, 0.25) is 0 Å². The fraction of sp³-hybridized carbons (Fsp3) is 0.0135. The van der Waals surface area contributed by atoms with Crippen LogP contribution in [0, 0.1) is 6.92 Å². The molecule has 0 aliphatic carbocycles. The van der Waals surface area contributed by atoms with E-state index in [9.17, 15) is 0 Å². The summed E-state index contributed by atoms with van der Waals surface area (Å²) in [5, 5.41) is 5.58. The highest BCUT2D eigenvalue weighted by Crippen LogP contribution is 2.43. The van der Waals surface area contributed by atoms with Crippen molar-refractivity contribution in [1.29, 1.82) is 0 Å². The van der Waals surface area contributed by atoms with Gasteiger partial charge in [0.15, 0.2) is 0 Å². The van der Waals surface area contributed by atoms with Crippen molar-refractivity contribution < 1.29 is 0 Å². The van der Waals surface area contributed by atoms with Crippen LogP contribution in [0.2, 0.25) is 0 Å². The zero-order valence-corrected chi connectivity index (χ0v) is 44.3. The molecule has 0 spiro atoms. The molecule has 0 radical (unpaired) electrons. The average molecular weight is 1030 g/mol. The summed E-state index contributed by atoms with van der Waals surface area (Å²) in [6.07, 6.45) is 0. The highest BCUT2D eigenvalue weighted by molar-refractivity contribution is 7.97. The van der Waals surface area contributed by atoms with Gasteiger partial charge in [0.1, 0.15) is 5.04 Å². The molecular weight excluding hydrogens is 977 g/mol. The maximum Gasteiger partial charge on any atom is 0.101 e. The van der Waals surface area contributed by atoms with Crippen molar-refractivity contribution >= 4 is 84.0 Å². The topological polar surface area (TPSA) is 25.5 Å². The van der Waals surface area contributed by atoms with Gasteiger partial charge in [-0.1, -0.05) is 194 Å². The lowest BCUT2D eigenvalue weighted by Gasteiger charge is -2.25. The summed E-state index contributed by atoms with van der Waals surface area (Å²) in [4.78, 5) is 7.73. The molecule has 0 saturated heterocycles. The second-order valence-electron chi connectivity index (χ2n) is 20.1. The van der Waals surface area contributed by atoms with Gasteiger partial charge in [0, 0.05) is 61.1 Å². The molecule has 0 N–H and O–H groups in total. The minimum atomic E-state index is 0.637. The Hall–Kier alpha value is -9.94. The van der Waals surface area contributed by atoms with Crippen LogP contribution in [0.25, 0.3) is 99.5 Å². The zero-order valence-electron chi connectivity index (χ0n) is 43.4. The zero-order chi connectivity index (χ0) is 52.8. The smallest absolute Gasteiger partial charge is 0.101 e. The normalized spacial score (nSPS) is 11.7. The molecule has 5 heteroatoms. The molecule has 79 heavy (non-hydrogen) atoms. The third kappa shape index (κ3) is 8.67. The van der Waals surface area contributed by atoms with Crippen LogP contribution in [-0.4, -0.2) is 14.2 Å². The number of fused-ring (bicyclic) bond motifs is 6. The maximum absolute atomic E-state index is 5.46. The van der Waals surface area contributed by atoms with Gasteiger partial charge in [0.25, 0.3) is 0 Å². The number of thiol groups is 1. The SMILES string of the molecule is Cc1c(-c2ccc(-c3ccc4c(c3)c3ccccc3n4-c3ccccc3)cc2)ccc(-c2ccc(-c3ccc4c(c3)c3ccccc3n4-c3ccccc3)cc2)c1N=C(S)c1ccc(N(c2ccccc2)c2ccccc2)cc1. The molecule has 0 atom stereocenters. The number of hydrogen-bond donors (Lipinski definition) is 1. The average Bonchev–Trinajstić information content (AvgIpc) is 4.12. The van der Waals surface area contributed by atoms with E-state index >= 15 is 0 Å². The van der Waals surface area contributed by atoms with Crippen molar-refractivity contribution in [2.75, 3.05) is 4.90 Å². The summed E-state index contributed by atoms with van der Waals surface area (Å²) in [5.41, 5.74) is 22.2. The molecule has 12 aromatic carbocycles. The Labute approximate surface area is 465 Å². The van der Waals surface area contributed by atoms with E-state index in [0.717, 1.165) is 78.6 Å². The van der Waals surface area contributed by atoms with Crippen molar-refractivity contribution in [2.45, 2.75) is 6.92 Å². The Bertz CT molecular complexity index is 4520. The van der Waals surface area contributed by atoms with E-state index < -0.39 is 0 Å². The first-order chi connectivity index (χ1) is 39.0. The van der Waals surface area contributed by atoms with Gasteiger partial charge >= 0.3 is 0 Å². The van der Waals surface area contributed by atoms with Gasteiger partial charge in [-0.2, -0.15) is 0 Å². The Balaban J connectivity index is 0.835. The van der Waals surface area contributed by atoms with Crippen molar-refractivity contribution in [3.63, 3.8) is 0 Å². The van der Waals surface area contributed by atoms with E-state index in [1.54, 1.807) is 0 Å². The second kappa shape index (κ2) is 20.2. The van der Waals surface area contributed by atoms with Gasteiger partial charge in [0.05, 0.1) is 27.8 Å². The van der Waals surface area contributed by atoms with Crippen LogP contribution in [0.3, 0.4) is 0 Å². The van der Waals surface area contributed by atoms with Gasteiger partial charge in [-0.3, -0.25) is 0 Å². The van der Waals surface area contributed by atoms with Gasteiger partial charge in [-0.05, 0) is 148 Å². The van der Waals surface area contributed by atoms with Crippen LogP contribution in [0.1, 0.15) is 11.1 Å².